The van der Waals surface area contributed by atoms with Crippen LogP contribution in [0.25, 0.3) is 0 Å². The van der Waals surface area contributed by atoms with Crippen LogP contribution in [0.5, 0.6) is 0 Å². The van der Waals surface area contributed by atoms with Gasteiger partial charge >= 0.3 is 0 Å². The van der Waals surface area contributed by atoms with E-state index >= 15 is 0 Å². The van der Waals surface area contributed by atoms with E-state index in [1.165, 1.54) is 0 Å². The van der Waals surface area contributed by atoms with E-state index in [-0.39, 0.29) is 11.9 Å². The number of carbonyl (C=O) groups excluding carboxylic acids is 1. The van der Waals surface area contributed by atoms with Gasteiger partial charge in [-0.15, -0.1) is 0 Å². The summed E-state index contributed by atoms with van der Waals surface area (Å²) in [6, 6.07) is -0.340. The van der Waals surface area contributed by atoms with Gasteiger partial charge in [-0.3, -0.25) is 4.79 Å². The van der Waals surface area contributed by atoms with Crippen molar-refractivity contribution in [2.24, 2.45) is 5.73 Å². The second kappa shape index (κ2) is 7.76. The molecule has 0 heterocycles. The molecule has 0 bridgehead atoms. The van der Waals surface area contributed by atoms with Gasteiger partial charge in [-0.05, 0) is 12.8 Å². The van der Waals surface area contributed by atoms with Gasteiger partial charge in [0.25, 0.3) is 0 Å². The Morgan fingerprint density at radius 1 is 1.57 bits per heavy atom. The number of nitrogens with two attached hydrogens (primary N) is 1. The maximum atomic E-state index is 11.6. The summed E-state index contributed by atoms with van der Waals surface area (Å²) in [5.74, 6) is 0.0305. The van der Waals surface area contributed by atoms with Crippen molar-refractivity contribution < 1.29 is 9.53 Å². The normalized spacial score (nSPS) is 12.6. The van der Waals surface area contributed by atoms with Crippen molar-refractivity contribution in [2.45, 2.75) is 32.2 Å². The van der Waals surface area contributed by atoms with Crippen molar-refractivity contribution in [3.63, 3.8) is 0 Å². The molecular weight excluding hydrogens is 180 g/mol. The van der Waals surface area contributed by atoms with Crippen LogP contribution >= 0.6 is 0 Å². The molecule has 0 spiro atoms. The molecule has 14 heavy (non-hydrogen) atoms. The summed E-state index contributed by atoms with van der Waals surface area (Å²) >= 11 is 0. The van der Waals surface area contributed by atoms with Gasteiger partial charge in [0.15, 0.2) is 0 Å². The van der Waals surface area contributed by atoms with Gasteiger partial charge in [0, 0.05) is 27.3 Å². The Morgan fingerprint density at radius 3 is 2.71 bits per heavy atom. The van der Waals surface area contributed by atoms with Crippen LogP contribution in [-0.4, -0.2) is 44.2 Å². The average molecular weight is 202 g/mol. The van der Waals surface area contributed by atoms with Gasteiger partial charge in [0.1, 0.15) is 0 Å². The predicted molar refractivity (Wildman–Crippen MR) is 57.0 cm³/mol. The fourth-order valence-corrected chi connectivity index (χ4v) is 1.27. The molecule has 0 fully saturated rings. The molecule has 0 saturated heterocycles. The molecule has 1 atom stereocenters. The van der Waals surface area contributed by atoms with Crippen molar-refractivity contribution in [1.29, 1.82) is 0 Å². The van der Waals surface area contributed by atoms with E-state index in [0.29, 0.717) is 13.2 Å². The molecule has 0 aliphatic carbocycles. The molecule has 84 valence electrons. The highest BCUT2D eigenvalue weighted by molar-refractivity contribution is 5.81. The van der Waals surface area contributed by atoms with Crippen molar-refractivity contribution >= 4 is 5.91 Å². The Labute approximate surface area is 86.4 Å². The van der Waals surface area contributed by atoms with Crippen LogP contribution in [0.3, 0.4) is 0 Å². The van der Waals surface area contributed by atoms with Gasteiger partial charge in [-0.25, -0.2) is 0 Å². The third-order valence-electron chi connectivity index (χ3n) is 2.14. The van der Waals surface area contributed by atoms with Crippen LogP contribution in [0.1, 0.15) is 26.2 Å². The second-order valence-electron chi connectivity index (χ2n) is 3.50. The summed E-state index contributed by atoms with van der Waals surface area (Å²) in [5.41, 5.74) is 5.71. The predicted octanol–water partition coefficient (Wildman–Crippen LogP) is 0.609. The molecule has 0 aromatic heterocycles. The maximum absolute atomic E-state index is 11.6. The van der Waals surface area contributed by atoms with E-state index in [2.05, 4.69) is 0 Å². The van der Waals surface area contributed by atoms with Crippen LogP contribution in [0.4, 0.5) is 0 Å². The number of hydrogen-bond acceptors (Lipinski definition) is 3. The Kier molecular flexibility index (Phi) is 7.42. The minimum absolute atomic E-state index is 0.0305. The summed E-state index contributed by atoms with van der Waals surface area (Å²) in [6.45, 7) is 3.42. The number of amides is 1. The third kappa shape index (κ3) is 5.19. The first-order valence-corrected chi connectivity index (χ1v) is 5.13. The van der Waals surface area contributed by atoms with Crippen molar-refractivity contribution in [3.05, 3.63) is 0 Å². The van der Waals surface area contributed by atoms with E-state index in [9.17, 15) is 4.79 Å². The molecule has 1 amide bonds. The zero-order chi connectivity index (χ0) is 11.0. The van der Waals surface area contributed by atoms with Gasteiger partial charge in [-0.2, -0.15) is 0 Å². The molecule has 1 unspecified atom stereocenters. The smallest absolute Gasteiger partial charge is 0.239 e. The Balaban J connectivity index is 3.74. The number of nitrogens with zero attached hydrogens (tertiary/aromatic N) is 1. The maximum Gasteiger partial charge on any atom is 0.239 e. The lowest BCUT2D eigenvalue weighted by molar-refractivity contribution is -0.131. The van der Waals surface area contributed by atoms with E-state index in [1.807, 2.05) is 6.92 Å². The standard InChI is InChI=1S/C10H22N2O2/c1-4-6-9(11)10(13)12(2)7-5-8-14-3/h9H,4-8,11H2,1-3H3. The summed E-state index contributed by atoms with van der Waals surface area (Å²) < 4.78 is 4.91. The number of hydrogen-bond donors (Lipinski definition) is 1. The lowest BCUT2D eigenvalue weighted by atomic mass is 10.1. The van der Waals surface area contributed by atoms with Crippen LogP contribution in [-0.2, 0) is 9.53 Å². The van der Waals surface area contributed by atoms with Crippen LogP contribution < -0.4 is 5.73 Å². The number of ether oxygens (including phenoxy) is 1. The topological polar surface area (TPSA) is 55.6 Å². The quantitative estimate of drug-likeness (QED) is 0.615. The first-order chi connectivity index (χ1) is 6.63. The highest BCUT2D eigenvalue weighted by Gasteiger charge is 2.16. The highest BCUT2D eigenvalue weighted by atomic mass is 16.5. The summed E-state index contributed by atoms with van der Waals surface area (Å²) in [6.07, 6.45) is 2.56. The molecule has 0 rings (SSSR count). The molecule has 0 saturated carbocycles. The molecule has 0 aromatic carbocycles. The van der Waals surface area contributed by atoms with E-state index in [4.69, 9.17) is 10.5 Å². The number of rotatable bonds is 7. The van der Waals surface area contributed by atoms with Crippen molar-refractivity contribution in [1.82, 2.24) is 4.90 Å². The fourth-order valence-electron chi connectivity index (χ4n) is 1.27. The highest BCUT2D eigenvalue weighted by Crippen LogP contribution is 1.99. The number of carbonyl (C=O) groups is 1. The molecule has 2 N–H and O–H groups in total. The minimum atomic E-state index is -0.340. The van der Waals surface area contributed by atoms with E-state index < -0.39 is 0 Å². The van der Waals surface area contributed by atoms with Gasteiger partial charge < -0.3 is 15.4 Å². The molecule has 0 radical (unpaired) electrons. The lowest BCUT2D eigenvalue weighted by Crippen LogP contribution is -2.42. The molecular formula is C10H22N2O2. The largest absolute Gasteiger partial charge is 0.385 e. The Bertz CT molecular complexity index is 162. The van der Waals surface area contributed by atoms with Crippen LogP contribution in [0, 0.1) is 0 Å². The number of methoxy groups -OCH3 is 1. The summed E-state index contributed by atoms with van der Waals surface area (Å²) in [7, 11) is 3.44. The summed E-state index contributed by atoms with van der Waals surface area (Å²) in [5, 5.41) is 0. The molecule has 4 heteroatoms. The first-order valence-electron chi connectivity index (χ1n) is 5.13. The van der Waals surface area contributed by atoms with Crippen LogP contribution in [0.15, 0.2) is 0 Å². The Morgan fingerprint density at radius 2 is 2.21 bits per heavy atom. The lowest BCUT2D eigenvalue weighted by Gasteiger charge is -2.20. The zero-order valence-electron chi connectivity index (χ0n) is 9.45. The SMILES string of the molecule is CCCC(N)C(=O)N(C)CCCOC. The molecule has 0 aromatic rings. The fraction of sp³-hybridized carbons (Fsp3) is 0.900. The van der Waals surface area contributed by atoms with Gasteiger partial charge in [-0.1, -0.05) is 13.3 Å². The van der Waals surface area contributed by atoms with E-state index in [0.717, 1.165) is 19.3 Å². The van der Waals surface area contributed by atoms with Gasteiger partial charge in [0.2, 0.25) is 5.91 Å². The molecule has 0 aliphatic rings. The minimum Gasteiger partial charge on any atom is -0.385 e. The van der Waals surface area contributed by atoms with E-state index in [1.54, 1.807) is 19.1 Å². The van der Waals surface area contributed by atoms with Crippen molar-refractivity contribution in [3.8, 4) is 0 Å². The van der Waals surface area contributed by atoms with Gasteiger partial charge in [0.05, 0.1) is 6.04 Å². The monoisotopic (exact) mass is 202 g/mol. The number of likely N-dealkylation sites (N-methyl/N-ethyl adjacent to an activating group) is 1. The zero-order valence-corrected chi connectivity index (χ0v) is 9.45. The molecule has 4 nitrogen and oxygen atoms in total. The second-order valence-corrected chi connectivity index (χ2v) is 3.50. The van der Waals surface area contributed by atoms with Crippen LogP contribution in [0.2, 0.25) is 0 Å². The average Bonchev–Trinajstić information content (AvgIpc) is 2.17. The Hall–Kier alpha value is -0.610. The molecule has 0 aliphatic heterocycles. The third-order valence-corrected chi connectivity index (χ3v) is 2.14. The first kappa shape index (κ1) is 13.4. The van der Waals surface area contributed by atoms with Crippen molar-refractivity contribution in [2.75, 3.05) is 27.3 Å². The summed E-state index contributed by atoms with van der Waals surface area (Å²) in [4.78, 5) is 13.3.